The van der Waals surface area contributed by atoms with Crippen molar-refractivity contribution in [2.45, 2.75) is 63.5 Å². The van der Waals surface area contributed by atoms with Gasteiger partial charge in [0.25, 0.3) is 0 Å². The van der Waals surface area contributed by atoms with Crippen LogP contribution in [-0.2, 0) is 9.47 Å². The van der Waals surface area contributed by atoms with E-state index in [0.29, 0.717) is 29.6 Å². The third-order valence-electron chi connectivity index (χ3n) is 7.41. The fourth-order valence-corrected chi connectivity index (χ4v) is 5.78. The molecule has 8 nitrogen and oxygen atoms in total. The summed E-state index contributed by atoms with van der Waals surface area (Å²) in [7, 11) is 3.20. The van der Waals surface area contributed by atoms with Crippen LogP contribution in [0.25, 0.3) is 0 Å². The molecule has 3 unspecified atom stereocenters. The van der Waals surface area contributed by atoms with Crippen LogP contribution >= 0.6 is 11.6 Å². The summed E-state index contributed by atoms with van der Waals surface area (Å²) in [6.07, 6.45) is 7.72. The van der Waals surface area contributed by atoms with Gasteiger partial charge in [-0.1, -0.05) is 43.7 Å². The lowest BCUT2D eigenvalue weighted by molar-refractivity contribution is -0.0106. The second kappa shape index (κ2) is 15.3. The summed E-state index contributed by atoms with van der Waals surface area (Å²) in [5, 5.41) is 9.47. The fourth-order valence-electron chi connectivity index (χ4n) is 5.60. The van der Waals surface area contributed by atoms with Crippen LogP contribution in [0.15, 0.2) is 18.2 Å². The van der Waals surface area contributed by atoms with Crippen LogP contribution in [-0.4, -0.2) is 70.0 Å². The van der Waals surface area contributed by atoms with E-state index in [9.17, 15) is 14.0 Å². The molecule has 10 heteroatoms. The highest BCUT2D eigenvalue weighted by Crippen LogP contribution is 2.35. The maximum atomic E-state index is 14.9. The molecule has 2 aliphatic rings. The maximum absolute atomic E-state index is 14.9. The smallest absolute Gasteiger partial charge is 0.406 e. The molecule has 3 amide bonds. The van der Waals surface area contributed by atoms with E-state index in [1.165, 1.54) is 51.3 Å². The van der Waals surface area contributed by atoms with Crippen molar-refractivity contribution in [3.05, 3.63) is 34.6 Å². The van der Waals surface area contributed by atoms with Gasteiger partial charge in [-0.05, 0) is 50.4 Å². The molecule has 37 heavy (non-hydrogen) atoms. The van der Waals surface area contributed by atoms with E-state index in [1.54, 1.807) is 6.07 Å². The van der Waals surface area contributed by atoms with Crippen LogP contribution in [0.5, 0.6) is 0 Å². The normalized spacial score (nSPS) is 20.2. The predicted molar refractivity (Wildman–Crippen MR) is 142 cm³/mol. The zero-order valence-electron chi connectivity index (χ0n) is 22.1. The summed E-state index contributed by atoms with van der Waals surface area (Å²) < 4.78 is 25.6. The first-order valence-corrected chi connectivity index (χ1v) is 13.9. The molecule has 0 aromatic heterocycles. The molecule has 1 saturated heterocycles. The molecule has 0 spiro atoms. The summed E-state index contributed by atoms with van der Waals surface area (Å²) in [6, 6.07) is 4.41. The lowest BCUT2D eigenvalue weighted by atomic mass is 9.85. The van der Waals surface area contributed by atoms with E-state index in [4.69, 9.17) is 16.3 Å². The van der Waals surface area contributed by atoms with Crippen molar-refractivity contribution in [2.24, 2.45) is 11.8 Å². The van der Waals surface area contributed by atoms with Crippen LogP contribution < -0.4 is 16.0 Å². The highest BCUT2D eigenvalue weighted by Gasteiger charge is 2.33. The minimum Gasteiger partial charge on any atom is -0.453 e. The average molecular weight is 541 g/mol. The molecule has 0 radical (unpaired) electrons. The number of rotatable bonds is 11. The van der Waals surface area contributed by atoms with Crippen LogP contribution in [0, 0.1) is 17.7 Å². The lowest BCUT2D eigenvalue weighted by Gasteiger charge is -2.38. The van der Waals surface area contributed by atoms with Gasteiger partial charge in [0, 0.05) is 48.7 Å². The van der Waals surface area contributed by atoms with Gasteiger partial charge in [-0.25, -0.2) is 14.0 Å². The first-order chi connectivity index (χ1) is 17.9. The summed E-state index contributed by atoms with van der Waals surface area (Å²) >= 11 is 6.19. The van der Waals surface area contributed by atoms with E-state index >= 15 is 0 Å². The molecule has 0 bridgehead atoms. The number of likely N-dealkylation sites (tertiary alicyclic amines) is 1. The number of benzene rings is 1. The number of halogens is 2. The number of nitrogens with zero attached hydrogens (tertiary/aromatic N) is 1. The lowest BCUT2D eigenvalue weighted by Crippen LogP contribution is -2.52. The van der Waals surface area contributed by atoms with Crippen molar-refractivity contribution in [3.63, 3.8) is 0 Å². The third kappa shape index (κ3) is 9.30. The fraction of sp³-hybridized carbons (Fsp3) is 0.704. The zero-order valence-corrected chi connectivity index (χ0v) is 22.8. The Kier molecular flexibility index (Phi) is 12.2. The Hall–Kier alpha value is -2.10. The number of piperidine rings is 1. The Morgan fingerprint density at radius 1 is 1.19 bits per heavy atom. The quantitative estimate of drug-likeness (QED) is 0.348. The second-order valence-electron chi connectivity index (χ2n) is 10.2. The van der Waals surface area contributed by atoms with Crippen molar-refractivity contribution in [1.82, 2.24) is 20.9 Å². The van der Waals surface area contributed by atoms with E-state index in [-0.39, 0.29) is 31.1 Å². The summed E-state index contributed by atoms with van der Waals surface area (Å²) in [5.41, 5.74) is 0.364. The largest absolute Gasteiger partial charge is 0.453 e. The molecule has 3 atom stereocenters. The van der Waals surface area contributed by atoms with Crippen LogP contribution in [0.2, 0.25) is 5.02 Å². The number of urea groups is 1. The minimum absolute atomic E-state index is 0.0720. The number of carbonyl (C=O) groups is 2. The van der Waals surface area contributed by atoms with Crippen molar-refractivity contribution in [2.75, 3.05) is 46.9 Å². The first kappa shape index (κ1) is 29.5. The molecule has 1 saturated carbocycles. The van der Waals surface area contributed by atoms with Gasteiger partial charge in [-0.3, -0.25) is 0 Å². The number of carbonyl (C=O) groups excluding carboxylic acids is 2. The molecule has 3 N–H and O–H groups in total. The number of hydrogen-bond acceptors (Lipinski definition) is 5. The molecule has 1 heterocycles. The van der Waals surface area contributed by atoms with Gasteiger partial charge < -0.3 is 30.3 Å². The predicted octanol–water partition coefficient (Wildman–Crippen LogP) is 4.87. The first-order valence-electron chi connectivity index (χ1n) is 13.5. The van der Waals surface area contributed by atoms with Crippen molar-refractivity contribution in [1.29, 1.82) is 0 Å². The van der Waals surface area contributed by atoms with Crippen molar-refractivity contribution < 1.29 is 23.5 Å². The molecular weight excluding hydrogens is 499 g/mol. The molecule has 1 aliphatic carbocycles. The Morgan fingerprint density at radius 2 is 1.97 bits per heavy atom. The molecule has 2 fully saturated rings. The molecule has 3 rings (SSSR count). The monoisotopic (exact) mass is 540 g/mol. The summed E-state index contributed by atoms with van der Waals surface area (Å²) in [4.78, 5) is 26.5. The second-order valence-corrected chi connectivity index (χ2v) is 10.6. The molecule has 1 aliphatic heterocycles. The molecule has 1 aromatic rings. The van der Waals surface area contributed by atoms with E-state index in [1.807, 2.05) is 11.9 Å². The minimum atomic E-state index is -0.607. The van der Waals surface area contributed by atoms with Crippen LogP contribution in [0.4, 0.5) is 14.0 Å². The number of ether oxygens (including phenoxy) is 2. The summed E-state index contributed by atoms with van der Waals surface area (Å²) in [6.45, 7) is 2.20. The SMILES string of the molecule is CNCC(CC1CCCCC1)NC(=O)N1CCCC(C(OCCNC(=O)OC)c2cc(Cl)ccc2F)C1. The summed E-state index contributed by atoms with van der Waals surface area (Å²) in [5.74, 6) is 0.133. The van der Waals surface area contributed by atoms with E-state index in [0.717, 1.165) is 25.8 Å². The number of alkyl carbamates (subject to hydrolysis) is 1. The number of nitrogens with one attached hydrogen (secondary N) is 3. The Balaban J connectivity index is 1.66. The Morgan fingerprint density at radius 3 is 2.70 bits per heavy atom. The van der Waals surface area contributed by atoms with Crippen molar-refractivity contribution in [3.8, 4) is 0 Å². The van der Waals surface area contributed by atoms with Crippen LogP contribution in [0.3, 0.4) is 0 Å². The van der Waals surface area contributed by atoms with Gasteiger partial charge in [-0.15, -0.1) is 0 Å². The zero-order chi connectivity index (χ0) is 26.6. The average Bonchev–Trinajstić information content (AvgIpc) is 2.91. The van der Waals surface area contributed by atoms with Gasteiger partial charge in [0.2, 0.25) is 0 Å². The number of hydrogen-bond donors (Lipinski definition) is 3. The molecular formula is C27H42ClFN4O4. The van der Waals surface area contributed by atoms with Gasteiger partial charge in [0.05, 0.1) is 19.8 Å². The van der Waals surface area contributed by atoms with E-state index < -0.39 is 18.0 Å². The van der Waals surface area contributed by atoms with Gasteiger partial charge in [-0.2, -0.15) is 0 Å². The maximum Gasteiger partial charge on any atom is 0.406 e. The standard InChI is InChI=1S/C27H42ClFN4O4/c1-30-17-22(15-19-7-4-3-5-8-19)32-26(34)33-13-6-9-20(18-33)25(37-14-12-31-27(35)36-2)23-16-21(28)10-11-24(23)29/h10-11,16,19-20,22,25,30H,3-9,12-15,17-18H2,1-2H3,(H,31,35)(H,32,34). The number of amides is 3. The Labute approximate surface area is 225 Å². The third-order valence-corrected chi connectivity index (χ3v) is 7.65. The molecule has 1 aromatic carbocycles. The van der Waals surface area contributed by atoms with Gasteiger partial charge >= 0.3 is 12.1 Å². The van der Waals surface area contributed by atoms with E-state index in [2.05, 4.69) is 20.7 Å². The van der Waals surface area contributed by atoms with Gasteiger partial charge in [0.15, 0.2) is 0 Å². The van der Waals surface area contributed by atoms with Gasteiger partial charge in [0.1, 0.15) is 5.82 Å². The highest BCUT2D eigenvalue weighted by atomic mass is 35.5. The number of likely N-dealkylation sites (N-methyl/N-ethyl adjacent to an activating group) is 1. The number of methoxy groups -OCH3 is 1. The molecule has 208 valence electrons. The van der Waals surface area contributed by atoms with Crippen molar-refractivity contribution >= 4 is 23.7 Å². The van der Waals surface area contributed by atoms with Crippen LogP contribution in [0.1, 0.15) is 63.0 Å². The Bertz CT molecular complexity index is 871. The highest BCUT2D eigenvalue weighted by molar-refractivity contribution is 6.30. The topological polar surface area (TPSA) is 91.9 Å².